The van der Waals surface area contributed by atoms with Crippen LogP contribution in [0.15, 0.2) is 18.2 Å². The van der Waals surface area contributed by atoms with Crippen LogP contribution < -0.4 is 0 Å². The number of hydrogen-bond acceptors (Lipinski definition) is 0. The molecular weight excluding hydrogens is 673 g/mol. The van der Waals surface area contributed by atoms with Gasteiger partial charge in [0.2, 0.25) is 0 Å². The molecule has 1 aromatic rings. The lowest BCUT2D eigenvalue weighted by Gasteiger charge is -2.15. The zero-order valence-corrected chi connectivity index (χ0v) is 39.5. The minimum Gasteiger partial charge on any atom is -0.0654 e. The fourth-order valence-electron chi connectivity index (χ4n) is 9.33. The molecule has 56 heavy (non-hydrogen) atoms. The molecule has 0 aliphatic heterocycles. The molecule has 0 amide bonds. The summed E-state index contributed by atoms with van der Waals surface area (Å²) in [4.78, 5) is 0. The molecule has 0 N–H and O–H groups in total. The van der Waals surface area contributed by atoms with Crippen molar-refractivity contribution in [2.24, 2.45) is 0 Å². The van der Waals surface area contributed by atoms with E-state index in [4.69, 9.17) is 0 Å². The first-order valence-electron chi connectivity index (χ1n) is 26.9. The van der Waals surface area contributed by atoms with Crippen LogP contribution in [0.25, 0.3) is 0 Å². The summed E-state index contributed by atoms with van der Waals surface area (Å²) in [6.07, 6.45) is 68.0. The van der Waals surface area contributed by atoms with Crippen LogP contribution in [0.2, 0.25) is 0 Å². The van der Waals surface area contributed by atoms with Crippen molar-refractivity contribution in [2.75, 3.05) is 0 Å². The maximum Gasteiger partial charge on any atom is -0.0274 e. The van der Waals surface area contributed by atoms with Gasteiger partial charge in [-0.15, -0.1) is 0 Å². The highest BCUT2D eigenvalue weighted by Crippen LogP contribution is 2.24. The first kappa shape index (κ1) is 53.2. The Balaban J connectivity index is 1.98. The van der Waals surface area contributed by atoms with E-state index < -0.39 is 0 Å². The Morgan fingerprint density at radius 3 is 0.625 bits per heavy atom. The van der Waals surface area contributed by atoms with E-state index in [0.29, 0.717) is 0 Å². The van der Waals surface area contributed by atoms with Gasteiger partial charge in [-0.2, -0.15) is 0 Å². The fraction of sp³-hybridized carbons (Fsp3) is 0.893. The lowest BCUT2D eigenvalue weighted by atomic mass is 9.90. The van der Waals surface area contributed by atoms with E-state index in [9.17, 15) is 0 Å². The number of unbranched alkanes of at least 4 members (excludes halogenated alkanes) is 41. The molecule has 0 unspecified atom stereocenters. The molecular formula is C56H106. The van der Waals surface area contributed by atoms with Crippen molar-refractivity contribution in [3.05, 3.63) is 34.9 Å². The predicted octanol–water partition coefficient (Wildman–Crippen LogP) is 20.5. The minimum absolute atomic E-state index is 1.31. The van der Waals surface area contributed by atoms with Gasteiger partial charge in [0.15, 0.2) is 0 Å². The highest BCUT2D eigenvalue weighted by Gasteiger charge is 2.09. The normalized spacial score (nSPS) is 11.6. The summed E-state index contributed by atoms with van der Waals surface area (Å²) in [5.74, 6) is 0. The second kappa shape index (κ2) is 45.3. The van der Waals surface area contributed by atoms with Crippen LogP contribution in [0.1, 0.15) is 320 Å². The summed E-state index contributed by atoms with van der Waals surface area (Å²) in [7, 11) is 0. The monoisotopic (exact) mass is 779 g/mol. The average molecular weight is 779 g/mol. The van der Waals surface area contributed by atoms with E-state index in [1.54, 1.807) is 16.7 Å². The molecule has 0 bridgehead atoms. The van der Waals surface area contributed by atoms with Crippen LogP contribution in [0.5, 0.6) is 0 Å². The highest BCUT2D eigenvalue weighted by atomic mass is 14.1. The molecule has 0 nitrogen and oxygen atoms in total. The predicted molar refractivity (Wildman–Crippen MR) is 258 cm³/mol. The molecule has 0 heteroatoms. The molecule has 0 atom stereocenters. The summed E-state index contributed by atoms with van der Waals surface area (Å²) < 4.78 is 0. The summed E-state index contributed by atoms with van der Waals surface area (Å²) in [6.45, 7) is 6.99. The molecule has 1 aromatic carbocycles. The number of rotatable bonds is 47. The SMILES string of the molecule is CCCCCCCCCCCCCCCCCCCCCCCc1cccc(CCCCCCCCCCCCCCCCCCCCCCC)c1CCCC. The van der Waals surface area contributed by atoms with E-state index in [0.717, 1.165) is 0 Å². The Labute approximate surface area is 356 Å². The summed E-state index contributed by atoms with van der Waals surface area (Å²) >= 11 is 0. The van der Waals surface area contributed by atoms with E-state index in [-0.39, 0.29) is 0 Å². The number of benzene rings is 1. The van der Waals surface area contributed by atoms with Gasteiger partial charge in [-0.3, -0.25) is 0 Å². The first-order chi connectivity index (χ1) is 27.8. The maximum atomic E-state index is 2.48. The van der Waals surface area contributed by atoms with Crippen molar-refractivity contribution in [1.29, 1.82) is 0 Å². The third-order valence-electron chi connectivity index (χ3n) is 13.2. The van der Waals surface area contributed by atoms with Crippen molar-refractivity contribution in [3.8, 4) is 0 Å². The van der Waals surface area contributed by atoms with Crippen LogP contribution in [-0.4, -0.2) is 0 Å². The van der Waals surface area contributed by atoms with Crippen LogP contribution >= 0.6 is 0 Å². The topological polar surface area (TPSA) is 0 Å². The van der Waals surface area contributed by atoms with Crippen molar-refractivity contribution in [1.82, 2.24) is 0 Å². The van der Waals surface area contributed by atoms with Gasteiger partial charge in [-0.1, -0.05) is 302 Å². The van der Waals surface area contributed by atoms with Crippen molar-refractivity contribution >= 4 is 0 Å². The largest absolute Gasteiger partial charge is 0.0654 e. The third kappa shape index (κ3) is 36.3. The van der Waals surface area contributed by atoms with E-state index in [1.807, 2.05) is 0 Å². The quantitative estimate of drug-likeness (QED) is 0.0578. The van der Waals surface area contributed by atoms with Gasteiger partial charge >= 0.3 is 0 Å². The molecule has 0 saturated carbocycles. The van der Waals surface area contributed by atoms with Gasteiger partial charge in [0, 0.05) is 0 Å². The van der Waals surface area contributed by atoms with Gasteiger partial charge in [0.1, 0.15) is 0 Å². The zero-order chi connectivity index (χ0) is 40.1. The van der Waals surface area contributed by atoms with Gasteiger partial charge in [-0.05, 0) is 55.2 Å². The smallest absolute Gasteiger partial charge is 0.0274 e. The lowest BCUT2D eigenvalue weighted by molar-refractivity contribution is 0.520. The second-order valence-electron chi connectivity index (χ2n) is 18.8. The molecule has 0 radical (unpaired) electrons. The minimum atomic E-state index is 1.31. The standard InChI is InChI=1S/C56H106/c1-4-7-10-12-14-16-18-20-22-24-26-28-30-32-34-36-38-40-42-44-46-49-54-51-48-52-55(56(54)53-9-6-3)50-47-45-43-41-39-37-35-33-31-29-27-25-23-21-19-17-15-13-11-8-5-2/h48,51-52H,4-47,49-50,53H2,1-3H3. The molecule has 0 aliphatic carbocycles. The van der Waals surface area contributed by atoms with Crippen molar-refractivity contribution in [2.45, 2.75) is 323 Å². The number of hydrogen-bond donors (Lipinski definition) is 0. The zero-order valence-electron chi connectivity index (χ0n) is 39.5. The lowest BCUT2D eigenvalue weighted by Crippen LogP contribution is -2.02. The van der Waals surface area contributed by atoms with E-state index >= 15 is 0 Å². The Kier molecular flexibility index (Phi) is 43.1. The van der Waals surface area contributed by atoms with Gasteiger partial charge in [0.25, 0.3) is 0 Å². The molecule has 0 aromatic heterocycles. The van der Waals surface area contributed by atoms with Gasteiger partial charge in [0.05, 0.1) is 0 Å². The van der Waals surface area contributed by atoms with Crippen LogP contribution in [0, 0.1) is 0 Å². The molecule has 1 rings (SSSR count). The maximum absolute atomic E-state index is 2.48. The Hall–Kier alpha value is -0.780. The van der Waals surface area contributed by atoms with Crippen LogP contribution in [-0.2, 0) is 19.3 Å². The number of aryl methyl sites for hydroxylation is 2. The molecule has 0 spiro atoms. The third-order valence-corrected chi connectivity index (χ3v) is 13.2. The van der Waals surface area contributed by atoms with Gasteiger partial charge < -0.3 is 0 Å². The molecule has 0 heterocycles. The first-order valence-corrected chi connectivity index (χ1v) is 26.9. The van der Waals surface area contributed by atoms with Crippen LogP contribution in [0.4, 0.5) is 0 Å². The fourth-order valence-corrected chi connectivity index (χ4v) is 9.33. The molecule has 330 valence electrons. The van der Waals surface area contributed by atoms with Crippen molar-refractivity contribution in [3.63, 3.8) is 0 Å². The Bertz CT molecular complexity index is 803. The summed E-state index contributed by atoms with van der Waals surface area (Å²) in [5, 5.41) is 0. The Morgan fingerprint density at radius 1 is 0.214 bits per heavy atom. The van der Waals surface area contributed by atoms with E-state index in [1.165, 1.54) is 302 Å². The van der Waals surface area contributed by atoms with Crippen LogP contribution in [0.3, 0.4) is 0 Å². The van der Waals surface area contributed by atoms with Crippen molar-refractivity contribution < 1.29 is 0 Å². The molecule has 0 aliphatic rings. The molecule has 0 fully saturated rings. The molecule has 0 saturated heterocycles. The Morgan fingerprint density at radius 2 is 0.411 bits per heavy atom. The highest BCUT2D eigenvalue weighted by molar-refractivity contribution is 5.36. The summed E-state index contributed by atoms with van der Waals surface area (Å²) in [5.41, 5.74) is 5.13. The second-order valence-corrected chi connectivity index (χ2v) is 18.8. The van der Waals surface area contributed by atoms with E-state index in [2.05, 4.69) is 39.0 Å². The van der Waals surface area contributed by atoms with Gasteiger partial charge in [-0.25, -0.2) is 0 Å². The summed E-state index contributed by atoms with van der Waals surface area (Å²) in [6, 6.07) is 7.33. The average Bonchev–Trinajstić information content (AvgIpc) is 3.21.